The Morgan fingerprint density at radius 3 is 0.812 bits per heavy atom. The van der Waals surface area contributed by atoms with Gasteiger partial charge in [-0.3, -0.25) is 0 Å². The monoisotopic (exact) mass is 888 g/mol. The lowest BCUT2D eigenvalue weighted by atomic mass is 10.1. The molecule has 9 aromatic carbocycles. The van der Waals surface area contributed by atoms with Gasteiger partial charge in [-0.15, -0.1) is 0 Å². The van der Waals surface area contributed by atoms with Crippen LogP contribution in [0.5, 0.6) is 0 Å². The summed E-state index contributed by atoms with van der Waals surface area (Å²) in [5.74, 6) is 1.83. The highest BCUT2D eigenvalue weighted by Crippen LogP contribution is 2.47. The summed E-state index contributed by atoms with van der Waals surface area (Å²) in [4.78, 5) is 16.0. The second kappa shape index (κ2) is 15.5. The zero-order valence-electron chi connectivity index (χ0n) is 39.5. The maximum atomic E-state index is 5.44. The Morgan fingerprint density at radius 1 is 0.261 bits per heavy atom. The van der Waals surface area contributed by atoms with Crippen LogP contribution in [0, 0.1) is 41.5 Å². The molecular weight excluding hydrogens is 841 g/mol. The molecule has 13 rings (SSSR count). The summed E-state index contributed by atoms with van der Waals surface area (Å²) in [6.45, 7) is 13.5. The van der Waals surface area contributed by atoms with Crippen molar-refractivity contribution < 1.29 is 0 Å². The van der Waals surface area contributed by atoms with E-state index in [4.69, 9.17) is 15.0 Å². The molecule has 0 bridgehead atoms. The topological polar surface area (TPSA) is 53.5 Å². The normalized spacial score (nSPS) is 11.9. The predicted octanol–water partition coefficient (Wildman–Crippen LogP) is 16.0. The first-order valence-electron chi connectivity index (χ1n) is 23.8. The van der Waals surface area contributed by atoms with Crippen LogP contribution >= 0.6 is 0 Å². The summed E-state index contributed by atoms with van der Waals surface area (Å²) in [5, 5.41) is 7.28. The lowest BCUT2D eigenvalue weighted by Crippen LogP contribution is -2.12. The molecule has 0 fully saturated rings. The van der Waals surface area contributed by atoms with Gasteiger partial charge in [0.2, 0.25) is 0 Å². The largest absolute Gasteiger partial charge is 0.306 e. The van der Waals surface area contributed by atoms with E-state index >= 15 is 0 Å². The summed E-state index contributed by atoms with van der Waals surface area (Å²) in [6.07, 6.45) is 0. The van der Waals surface area contributed by atoms with E-state index in [2.05, 4.69) is 201 Å². The van der Waals surface area contributed by atoms with Crippen molar-refractivity contribution in [1.82, 2.24) is 28.7 Å². The first-order chi connectivity index (χ1) is 33.7. The number of aryl methyl sites for hydroxylation is 6. The SMILES string of the molecule is Cc1cccc2c3cccc(C)c3n(-c3cc(-c4nc(-c5ccccc5)nc(-c5ccccc5)n4)cc(-n4c5c(C)cccc5c5cccc(C)c54)c3-n3c4c(C)cccc4c4cccc(C)c43)c12. The van der Waals surface area contributed by atoms with Crippen LogP contribution in [-0.2, 0) is 0 Å². The molecular formula is C63H48N6. The molecule has 0 saturated carbocycles. The summed E-state index contributed by atoms with van der Waals surface area (Å²) >= 11 is 0. The van der Waals surface area contributed by atoms with Crippen LogP contribution in [0.3, 0.4) is 0 Å². The van der Waals surface area contributed by atoms with Crippen LogP contribution in [0.15, 0.2) is 182 Å². The number of rotatable bonds is 6. The number of fused-ring (bicyclic) bond motifs is 9. The maximum absolute atomic E-state index is 5.44. The number of hydrogen-bond donors (Lipinski definition) is 0. The minimum Gasteiger partial charge on any atom is -0.306 e. The van der Waals surface area contributed by atoms with Crippen LogP contribution in [-0.4, -0.2) is 28.7 Å². The Labute approximate surface area is 400 Å². The van der Waals surface area contributed by atoms with Gasteiger partial charge in [0.15, 0.2) is 17.5 Å². The average Bonchev–Trinajstić information content (AvgIpc) is 4.03. The standard InChI is InChI=1S/C63H48N6/c1-37-19-13-29-46-47-30-14-20-38(2)55(47)67(54(37)46)52-35-45(63-65-61(43-25-9-7-10-26-43)64-62(66-63)44-27-11-8-12-28-44)36-53(68-56-39(3)21-15-31-48(56)49-32-16-22-40(4)57(49)68)60(52)69-58-41(5)23-17-33-50(58)51-34-18-24-42(6)59(51)69/h7-36H,1-6H3. The fourth-order valence-electron chi connectivity index (χ4n) is 11.3. The molecule has 0 spiro atoms. The van der Waals surface area contributed by atoms with Crippen LogP contribution in [0.25, 0.3) is 117 Å². The Balaban J connectivity index is 1.32. The number of hydrogen-bond acceptors (Lipinski definition) is 3. The molecule has 4 aromatic heterocycles. The minimum atomic E-state index is 0.592. The van der Waals surface area contributed by atoms with Gasteiger partial charge in [-0.1, -0.05) is 170 Å². The quantitative estimate of drug-likeness (QED) is 0.167. The zero-order valence-corrected chi connectivity index (χ0v) is 39.5. The van der Waals surface area contributed by atoms with Crippen molar-refractivity contribution in [2.45, 2.75) is 41.5 Å². The molecule has 0 aliphatic heterocycles. The van der Waals surface area contributed by atoms with Gasteiger partial charge >= 0.3 is 0 Å². The Hall–Kier alpha value is -8.61. The molecule has 0 aliphatic carbocycles. The van der Waals surface area contributed by atoms with Crippen molar-refractivity contribution >= 4 is 65.4 Å². The van der Waals surface area contributed by atoms with Crippen molar-refractivity contribution in [1.29, 1.82) is 0 Å². The van der Waals surface area contributed by atoms with E-state index in [1.165, 1.54) is 98.8 Å². The van der Waals surface area contributed by atoms with Crippen molar-refractivity contribution in [3.63, 3.8) is 0 Å². The molecule has 6 heteroatoms. The number of para-hydroxylation sites is 6. The first-order valence-corrected chi connectivity index (χ1v) is 23.8. The third-order valence-corrected chi connectivity index (χ3v) is 14.4. The van der Waals surface area contributed by atoms with E-state index in [9.17, 15) is 0 Å². The summed E-state index contributed by atoms with van der Waals surface area (Å²) in [6, 6.07) is 65.6. The molecule has 6 nitrogen and oxygen atoms in total. The van der Waals surface area contributed by atoms with Gasteiger partial charge in [0.05, 0.1) is 50.2 Å². The molecule has 69 heavy (non-hydrogen) atoms. The lowest BCUT2D eigenvalue weighted by molar-refractivity contribution is 1.03. The third-order valence-electron chi connectivity index (χ3n) is 14.4. The Kier molecular flexibility index (Phi) is 9.12. The van der Waals surface area contributed by atoms with Gasteiger partial charge in [-0.05, 0) is 87.1 Å². The highest BCUT2D eigenvalue weighted by atomic mass is 15.1. The van der Waals surface area contributed by atoms with E-state index in [1.807, 2.05) is 36.4 Å². The number of nitrogens with zero attached hydrogens (tertiary/aromatic N) is 6. The molecule has 330 valence electrons. The second-order valence-electron chi connectivity index (χ2n) is 18.7. The highest BCUT2D eigenvalue weighted by Gasteiger charge is 2.29. The van der Waals surface area contributed by atoms with Crippen LogP contribution < -0.4 is 0 Å². The van der Waals surface area contributed by atoms with E-state index < -0.39 is 0 Å². The predicted molar refractivity (Wildman–Crippen MR) is 288 cm³/mol. The highest BCUT2D eigenvalue weighted by molar-refractivity contribution is 6.16. The van der Waals surface area contributed by atoms with E-state index in [0.717, 1.165) is 33.8 Å². The third kappa shape index (κ3) is 6.08. The number of benzene rings is 9. The van der Waals surface area contributed by atoms with Gasteiger partial charge in [-0.25, -0.2) is 15.0 Å². The Morgan fingerprint density at radius 2 is 0.522 bits per heavy atom. The number of aromatic nitrogens is 6. The smallest absolute Gasteiger partial charge is 0.164 e. The lowest BCUT2D eigenvalue weighted by Gasteiger charge is -2.25. The fourth-order valence-corrected chi connectivity index (χ4v) is 11.3. The van der Waals surface area contributed by atoms with Gasteiger partial charge in [-0.2, -0.15) is 0 Å². The zero-order chi connectivity index (χ0) is 46.7. The molecule has 4 heterocycles. The Bertz CT molecular complexity index is 3860. The van der Waals surface area contributed by atoms with Crippen LogP contribution in [0.1, 0.15) is 33.4 Å². The average molecular weight is 889 g/mol. The van der Waals surface area contributed by atoms with E-state index in [0.29, 0.717) is 17.5 Å². The minimum absolute atomic E-state index is 0.592. The summed E-state index contributed by atoms with van der Waals surface area (Å²) in [5.41, 5.74) is 20.0. The van der Waals surface area contributed by atoms with Crippen molar-refractivity contribution in [3.05, 3.63) is 215 Å². The second-order valence-corrected chi connectivity index (χ2v) is 18.7. The molecule has 0 atom stereocenters. The van der Waals surface area contributed by atoms with Crippen molar-refractivity contribution in [3.8, 4) is 51.2 Å². The molecule has 0 amide bonds. The first kappa shape index (κ1) is 40.6. The van der Waals surface area contributed by atoms with E-state index in [-0.39, 0.29) is 0 Å². The molecule has 0 aliphatic rings. The molecule has 0 radical (unpaired) electrons. The van der Waals surface area contributed by atoms with Crippen molar-refractivity contribution in [2.75, 3.05) is 0 Å². The van der Waals surface area contributed by atoms with Gasteiger partial charge < -0.3 is 13.7 Å². The van der Waals surface area contributed by atoms with E-state index in [1.54, 1.807) is 0 Å². The maximum Gasteiger partial charge on any atom is 0.164 e. The van der Waals surface area contributed by atoms with Gasteiger partial charge in [0.1, 0.15) is 0 Å². The molecule has 0 unspecified atom stereocenters. The fraction of sp³-hybridized carbons (Fsp3) is 0.0952. The van der Waals surface area contributed by atoms with Gasteiger partial charge in [0, 0.05) is 49.0 Å². The molecule has 13 aromatic rings. The van der Waals surface area contributed by atoms with Crippen molar-refractivity contribution in [2.24, 2.45) is 0 Å². The molecule has 0 saturated heterocycles. The summed E-state index contributed by atoms with van der Waals surface area (Å²) in [7, 11) is 0. The van der Waals surface area contributed by atoms with Crippen LogP contribution in [0.4, 0.5) is 0 Å². The van der Waals surface area contributed by atoms with Crippen LogP contribution in [0.2, 0.25) is 0 Å². The summed E-state index contributed by atoms with van der Waals surface area (Å²) < 4.78 is 7.69. The van der Waals surface area contributed by atoms with Gasteiger partial charge in [0.25, 0.3) is 0 Å². The molecule has 0 N–H and O–H groups in total.